The van der Waals surface area contributed by atoms with E-state index in [1.165, 1.54) is 25.1 Å². The summed E-state index contributed by atoms with van der Waals surface area (Å²) >= 11 is 0. The molecule has 86 valence electrons. The van der Waals surface area contributed by atoms with Gasteiger partial charge in [0.2, 0.25) is 0 Å². The van der Waals surface area contributed by atoms with Crippen LogP contribution in [0.4, 0.5) is 4.39 Å². The number of halogens is 1. The molecule has 1 fully saturated rings. The zero-order chi connectivity index (χ0) is 11.4. The quantitative estimate of drug-likeness (QED) is 0.763. The molecular formula is C11H13FN2O2. The van der Waals surface area contributed by atoms with Crippen LogP contribution in [0, 0.1) is 11.9 Å². The summed E-state index contributed by atoms with van der Waals surface area (Å²) in [6.07, 6.45) is 3.69. The van der Waals surface area contributed by atoms with Crippen LogP contribution in [0.25, 0.3) is 0 Å². The fraction of sp³-hybridized carbons (Fsp3) is 0.455. The molecule has 2 rings (SSSR count). The minimum absolute atomic E-state index is 0.00377. The SMILES string of the molecule is O=C(COc1cccnc1F)NCC1CC1. The fourth-order valence-corrected chi connectivity index (χ4v) is 1.25. The van der Waals surface area contributed by atoms with Gasteiger partial charge in [0, 0.05) is 12.7 Å². The second-order valence-corrected chi connectivity index (χ2v) is 3.83. The Morgan fingerprint density at radius 1 is 1.62 bits per heavy atom. The molecule has 5 heteroatoms. The summed E-state index contributed by atoms with van der Waals surface area (Å²) in [5.74, 6) is -0.296. The van der Waals surface area contributed by atoms with Gasteiger partial charge in [-0.15, -0.1) is 0 Å². The van der Waals surface area contributed by atoms with E-state index in [0.29, 0.717) is 12.5 Å². The van der Waals surface area contributed by atoms with Gasteiger partial charge in [-0.3, -0.25) is 4.79 Å². The van der Waals surface area contributed by atoms with E-state index in [1.807, 2.05) is 0 Å². The van der Waals surface area contributed by atoms with Crippen LogP contribution in [-0.4, -0.2) is 24.0 Å². The largest absolute Gasteiger partial charge is 0.479 e. The van der Waals surface area contributed by atoms with Gasteiger partial charge in [-0.05, 0) is 30.9 Å². The number of nitrogens with zero attached hydrogens (tertiary/aromatic N) is 1. The van der Waals surface area contributed by atoms with Crippen molar-refractivity contribution in [3.05, 3.63) is 24.3 Å². The van der Waals surface area contributed by atoms with Gasteiger partial charge in [0.05, 0.1) is 0 Å². The average Bonchev–Trinajstić information content (AvgIpc) is 3.09. The number of amides is 1. The smallest absolute Gasteiger partial charge is 0.257 e. The standard InChI is InChI=1S/C11H13FN2O2/c12-11-9(2-1-5-13-11)16-7-10(15)14-6-8-3-4-8/h1-2,5,8H,3-4,6-7H2,(H,14,15). The molecule has 1 saturated carbocycles. The normalized spacial score (nSPS) is 14.6. The van der Waals surface area contributed by atoms with Crippen LogP contribution >= 0.6 is 0 Å². The molecule has 1 aliphatic carbocycles. The van der Waals surface area contributed by atoms with Gasteiger partial charge in [-0.25, -0.2) is 4.98 Å². The lowest BCUT2D eigenvalue weighted by atomic mass is 10.4. The van der Waals surface area contributed by atoms with Gasteiger partial charge in [-0.1, -0.05) is 0 Å². The summed E-state index contributed by atoms with van der Waals surface area (Å²) < 4.78 is 18.0. The van der Waals surface area contributed by atoms with Crippen molar-refractivity contribution >= 4 is 5.91 Å². The second kappa shape index (κ2) is 4.92. The Morgan fingerprint density at radius 3 is 3.12 bits per heavy atom. The first-order chi connectivity index (χ1) is 7.75. The molecule has 1 aliphatic rings. The highest BCUT2D eigenvalue weighted by Gasteiger charge is 2.21. The van der Waals surface area contributed by atoms with Crippen LogP contribution in [0.3, 0.4) is 0 Å². The summed E-state index contributed by atoms with van der Waals surface area (Å²) in [6, 6.07) is 3.00. The van der Waals surface area contributed by atoms with E-state index >= 15 is 0 Å². The maximum absolute atomic E-state index is 13.0. The van der Waals surface area contributed by atoms with Crippen molar-refractivity contribution in [1.82, 2.24) is 10.3 Å². The minimum Gasteiger partial charge on any atom is -0.479 e. The van der Waals surface area contributed by atoms with E-state index < -0.39 is 5.95 Å². The summed E-state index contributed by atoms with van der Waals surface area (Å²) in [5.41, 5.74) is 0. The Kier molecular flexibility index (Phi) is 3.34. The van der Waals surface area contributed by atoms with E-state index in [9.17, 15) is 9.18 Å². The van der Waals surface area contributed by atoms with Crippen LogP contribution in [-0.2, 0) is 4.79 Å². The van der Waals surface area contributed by atoms with E-state index in [1.54, 1.807) is 6.07 Å². The number of carbonyl (C=O) groups excluding carboxylic acids is 1. The van der Waals surface area contributed by atoms with Crippen molar-refractivity contribution in [3.63, 3.8) is 0 Å². The van der Waals surface area contributed by atoms with Gasteiger partial charge in [0.1, 0.15) is 0 Å². The first-order valence-electron chi connectivity index (χ1n) is 5.25. The molecule has 0 aromatic carbocycles. The molecule has 0 saturated heterocycles. The molecule has 1 aromatic rings. The van der Waals surface area contributed by atoms with Crippen LogP contribution in [0.15, 0.2) is 18.3 Å². The average molecular weight is 224 g/mol. The summed E-state index contributed by atoms with van der Waals surface area (Å²) in [5, 5.41) is 2.73. The third-order valence-electron chi connectivity index (χ3n) is 2.37. The van der Waals surface area contributed by atoms with Crippen LogP contribution in [0.1, 0.15) is 12.8 Å². The van der Waals surface area contributed by atoms with E-state index in [-0.39, 0.29) is 18.3 Å². The number of rotatable bonds is 5. The predicted octanol–water partition coefficient (Wildman–Crippen LogP) is 1.13. The van der Waals surface area contributed by atoms with E-state index in [4.69, 9.17) is 4.74 Å². The number of ether oxygens (including phenoxy) is 1. The van der Waals surface area contributed by atoms with Gasteiger partial charge in [0.15, 0.2) is 12.4 Å². The number of carbonyl (C=O) groups is 1. The molecule has 16 heavy (non-hydrogen) atoms. The Morgan fingerprint density at radius 2 is 2.44 bits per heavy atom. The predicted molar refractivity (Wildman–Crippen MR) is 55.4 cm³/mol. The molecule has 1 N–H and O–H groups in total. The highest BCUT2D eigenvalue weighted by molar-refractivity contribution is 5.77. The summed E-state index contributed by atoms with van der Waals surface area (Å²) in [4.78, 5) is 14.7. The van der Waals surface area contributed by atoms with Crippen molar-refractivity contribution in [3.8, 4) is 5.75 Å². The molecule has 0 spiro atoms. The molecule has 0 aliphatic heterocycles. The zero-order valence-electron chi connectivity index (χ0n) is 8.78. The second-order valence-electron chi connectivity index (χ2n) is 3.83. The number of hydrogen-bond donors (Lipinski definition) is 1. The minimum atomic E-state index is -0.697. The zero-order valence-corrected chi connectivity index (χ0v) is 8.78. The van der Waals surface area contributed by atoms with Crippen molar-refractivity contribution < 1.29 is 13.9 Å². The highest BCUT2D eigenvalue weighted by atomic mass is 19.1. The number of aromatic nitrogens is 1. The van der Waals surface area contributed by atoms with Gasteiger partial charge in [0.25, 0.3) is 11.9 Å². The Labute approximate surface area is 92.8 Å². The Bertz CT molecular complexity index is 380. The first-order valence-corrected chi connectivity index (χ1v) is 5.25. The molecule has 1 aromatic heterocycles. The van der Waals surface area contributed by atoms with Crippen molar-refractivity contribution in [1.29, 1.82) is 0 Å². The van der Waals surface area contributed by atoms with Crippen molar-refractivity contribution in [2.45, 2.75) is 12.8 Å². The molecule has 1 amide bonds. The van der Waals surface area contributed by atoms with Crippen LogP contribution < -0.4 is 10.1 Å². The fourth-order valence-electron chi connectivity index (χ4n) is 1.25. The lowest BCUT2D eigenvalue weighted by Crippen LogP contribution is -2.30. The molecule has 0 unspecified atom stereocenters. The van der Waals surface area contributed by atoms with Gasteiger partial charge in [-0.2, -0.15) is 4.39 Å². The number of nitrogens with one attached hydrogen (secondary N) is 1. The van der Waals surface area contributed by atoms with Gasteiger partial charge >= 0.3 is 0 Å². The topological polar surface area (TPSA) is 51.2 Å². The monoisotopic (exact) mass is 224 g/mol. The maximum atomic E-state index is 13.0. The molecule has 1 heterocycles. The van der Waals surface area contributed by atoms with Crippen LogP contribution in [0.5, 0.6) is 5.75 Å². The molecule has 0 bridgehead atoms. The number of hydrogen-bond acceptors (Lipinski definition) is 3. The van der Waals surface area contributed by atoms with E-state index in [0.717, 1.165) is 0 Å². The molecular weight excluding hydrogens is 211 g/mol. The summed E-state index contributed by atoms with van der Waals surface area (Å²) in [6.45, 7) is 0.521. The Balaban J connectivity index is 1.73. The molecule has 0 atom stereocenters. The van der Waals surface area contributed by atoms with Gasteiger partial charge < -0.3 is 10.1 Å². The lowest BCUT2D eigenvalue weighted by molar-refractivity contribution is -0.123. The molecule has 4 nitrogen and oxygen atoms in total. The lowest BCUT2D eigenvalue weighted by Gasteiger charge is -2.06. The first kappa shape index (κ1) is 10.9. The molecule has 0 radical (unpaired) electrons. The highest BCUT2D eigenvalue weighted by Crippen LogP contribution is 2.27. The summed E-state index contributed by atoms with van der Waals surface area (Å²) in [7, 11) is 0. The van der Waals surface area contributed by atoms with Crippen molar-refractivity contribution in [2.24, 2.45) is 5.92 Å². The number of pyridine rings is 1. The third kappa shape index (κ3) is 3.18. The van der Waals surface area contributed by atoms with Crippen LogP contribution in [0.2, 0.25) is 0 Å². The Hall–Kier alpha value is -1.65. The van der Waals surface area contributed by atoms with Crippen molar-refractivity contribution in [2.75, 3.05) is 13.2 Å². The van der Waals surface area contributed by atoms with E-state index in [2.05, 4.69) is 10.3 Å². The maximum Gasteiger partial charge on any atom is 0.257 e. The third-order valence-corrected chi connectivity index (χ3v) is 2.37.